The molecular weight excluding hydrogens is 314 g/mol. The Kier molecular flexibility index (Phi) is 4.80. The van der Waals surface area contributed by atoms with Crippen LogP contribution in [0.5, 0.6) is 0 Å². The minimum Gasteiger partial charge on any atom is -0.341 e. The Bertz CT molecular complexity index is 719. The Hall–Kier alpha value is -1.79. The first kappa shape index (κ1) is 15.1. The van der Waals surface area contributed by atoms with Crippen LogP contribution in [0.2, 0.25) is 0 Å². The van der Waals surface area contributed by atoms with Crippen molar-refractivity contribution in [1.29, 1.82) is 0 Å². The van der Waals surface area contributed by atoms with Crippen LogP contribution in [-0.4, -0.2) is 27.9 Å². The number of aromatic amines is 1. The van der Waals surface area contributed by atoms with Gasteiger partial charge in [-0.25, -0.2) is 4.98 Å². The molecule has 2 heterocycles. The van der Waals surface area contributed by atoms with Crippen LogP contribution in [0.3, 0.4) is 0 Å². The van der Waals surface area contributed by atoms with Crippen LogP contribution in [-0.2, 0) is 0 Å². The summed E-state index contributed by atoms with van der Waals surface area (Å²) >= 11 is 3.21. The molecule has 0 spiro atoms. The van der Waals surface area contributed by atoms with Crippen molar-refractivity contribution in [3.05, 3.63) is 52.5 Å². The van der Waals surface area contributed by atoms with Gasteiger partial charge < -0.3 is 10.3 Å². The molecular formula is C16H17N3OS2. The first-order valence-corrected chi connectivity index (χ1v) is 9.33. The third-order valence-electron chi connectivity index (χ3n) is 3.40. The maximum Gasteiger partial charge on any atom is 0.261 e. The van der Waals surface area contributed by atoms with Crippen LogP contribution in [0.1, 0.15) is 28.0 Å². The van der Waals surface area contributed by atoms with Crippen molar-refractivity contribution in [3.63, 3.8) is 0 Å². The van der Waals surface area contributed by atoms with Gasteiger partial charge >= 0.3 is 0 Å². The van der Waals surface area contributed by atoms with Gasteiger partial charge in [-0.1, -0.05) is 18.2 Å². The smallest absolute Gasteiger partial charge is 0.261 e. The van der Waals surface area contributed by atoms with Gasteiger partial charge in [0, 0.05) is 0 Å². The molecule has 6 heteroatoms. The van der Waals surface area contributed by atoms with Gasteiger partial charge in [0.2, 0.25) is 0 Å². The highest BCUT2D eigenvalue weighted by Gasteiger charge is 2.19. The summed E-state index contributed by atoms with van der Waals surface area (Å²) in [6.45, 7) is 0. The molecule has 3 aromatic rings. The first-order valence-electron chi connectivity index (χ1n) is 7.06. The van der Waals surface area contributed by atoms with Crippen LogP contribution < -0.4 is 5.32 Å². The number of amides is 1. The summed E-state index contributed by atoms with van der Waals surface area (Å²) in [7, 11) is 0. The molecule has 0 bridgehead atoms. The molecule has 1 amide bonds. The van der Waals surface area contributed by atoms with E-state index >= 15 is 0 Å². The largest absolute Gasteiger partial charge is 0.341 e. The van der Waals surface area contributed by atoms with Crippen LogP contribution >= 0.6 is 23.1 Å². The molecule has 1 unspecified atom stereocenters. The van der Waals surface area contributed by atoms with Crippen LogP contribution in [0.15, 0.2) is 41.8 Å². The Morgan fingerprint density at radius 3 is 2.95 bits per heavy atom. The molecule has 114 valence electrons. The zero-order valence-electron chi connectivity index (χ0n) is 12.2. The number of nitrogens with zero attached hydrogens (tertiary/aromatic N) is 1. The van der Waals surface area contributed by atoms with Crippen molar-refractivity contribution >= 4 is 40.0 Å². The summed E-state index contributed by atoms with van der Waals surface area (Å²) in [6, 6.07) is 11.5. The number of rotatable bonds is 6. The lowest BCUT2D eigenvalue weighted by Crippen LogP contribution is -2.29. The third kappa shape index (κ3) is 3.34. The number of carbonyl (C=O) groups excluding carboxylic acids is 1. The first-order chi connectivity index (χ1) is 10.8. The summed E-state index contributed by atoms with van der Waals surface area (Å²) < 4.78 is 0. The van der Waals surface area contributed by atoms with Gasteiger partial charge in [-0.2, -0.15) is 11.8 Å². The average Bonchev–Trinajstić information content (AvgIpc) is 3.19. The summed E-state index contributed by atoms with van der Waals surface area (Å²) in [6.07, 6.45) is 2.91. The highest BCUT2D eigenvalue weighted by Crippen LogP contribution is 2.21. The van der Waals surface area contributed by atoms with Crippen molar-refractivity contribution in [2.24, 2.45) is 0 Å². The van der Waals surface area contributed by atoms with E-state index < -0.39 is 0 Å². The molecule has 0 saturated heterocycles. The van der Waals surface area contributed by atoms with E-state index in [4.69, 9.17) is 0 Å². The van der Waals surface area contributed by atoms with Crippen molar-refractivity contribution in [2.45, 2.75) is 12.5 Å². The van der Waals surface area contributed by atoms with E-state index in [0.29, 0.717) is 0 Å². The molecule has 0 aliphatic heterocycles. The van der Waals surface area contributed by atoms with Crippen LogP contribution in [0.25, 0.3) is 11.0 Å². The SMILES string of the molecule is CSCCC(NC(=O)c1cccs1)c1nc2ccccc2[nH]1. The molecule has 4 nitrogen and oxygen atoms in total. The number of hydrogen-bond acceptors (Lipinski definition) is 4. The molecule has 1 aromatic carbocycles. The maximum atomic E-state index is 12.3. The topological polar surface area (TPSA) is 57.8 Å². The Balaban J connectivity index is 1.83. The zero-order chi connectivity index (χ0) is 15.4. The summed E-state index contributed by atoms with van der Waals surface area (Å²) in [5.41, 5.74) is 1.93. The molecule has 0 aliphatic carbocycles. The quantitative estimate of drug-likeness (QED) is 0.721. The van der Waals surface area contributed by atoms with Crippen molar-refractivity contribution in [2.75, 3.05) is 12.0 Å². The predicted octanol–water partition coefficient (Wildman–Crippen LogP) is 3.85. The van der Waals surface area contributed by atoms with E-state index in [-0.39, 0.29) is 11.9 Å². The van der Waals surface area contributed by atoms with Crippen LogP contribution in [0.4, 0.5) is 0 Å². The fraction of sp³-hybridized carbons (Fsp3) is 0.250. The average molecular weight is 331 g/mol. The predicted molar refractivity (Wildman–Crippen MR) is 93.6 cm³/mol. The second-order valence-corrected chi connectivity index (χ2v) is 6.86. The summed E-state index contributed by atoms with van der Waals surface area (Å²) in [5, 5.41) is 5.01. The monoisotopic (exact) mass is 331 g/mol. The third-order valence-corrected chi connectivity index (χ3v) is 4.91. The van der Waals surface area contributed by atoms with Crippen molar-refractivity contribution in [3.8, 4) is 0 Å². The number of aromatic nitrogens is 2. The number of H-pyrrole nitrogens is 1. The molecule has 22 heavy (non-hydrogen) atoms. The van der Waals surface area contributed by atoms with Crippen molar-refractivity contribution < 1.29 is 4.79 Å². The molecule has 0 saturated carbocycles. The van der Waals surface area contributed by atoms with Gasteiger partial charge in [0.1, 0.15) is 5.82 Å². The zero-order valence-corrected chi connectivity index (χ0v) is 13.8. The highest BCUT2D eigenvalue weighted by atomic mass is 32.2. The number of para-hydroxylation sites is 2. The summed E-state index contributed by atoms with van der Waals surface area (Å²) in [5.74, 6) is 1.74. The Labute approximate surface area is 137 Å². The molecule has 2 aromatic heterocycles. The number of imidazole rings is 1. The number of benzene rings is 1. The van der Waals surface area contributed by atoms with E-state index in [9.17, 15) is 4.79 Å². The van der Waals surface area contributed by atoms with E-state index in [1.54, 1.807) is 11.8 Å². The molecule has 2 N–H and O–H groups in total. The maximum absolute atomic E-state index is 12.3. The van der Waals surface area contributed by atoms with Crippen LogP contribution in [0, 0.1) is 0 Å². The lowest BCUT2D eigenvalue weighted by atomic mass is 10.2. The van der Waals surface area contributed by atoms with Gasteiger partial charge in [-0.15, -0.1) is 11.3 Å². The van der Waals surface area contributed by atoms with Gasteiger partial charge in [0.15, 0.2) is 0 Å². The van der Waals surface area contributed by atoms with Gasteiger partial charge in [0.25, 0.3) is 5.91 Å². The number of thioether (sulfide) groups is 1. The lowest BCUT2D eigenvalue weighted by Gasteiger charge is -2.15. The lowest BCUT2D eigenvalue weighted by molar-refractivity contribution is 0.0938. The minimum absolute atomic E-state index is 0.0402. The van der Waals surface area contributed by atoms with E-state index in [1.165, 1.54) is 11.3 Å². The highest BCUT2D eigenvalue weighted by molar-refractivity contribution is 7.98. The second kappa shape index (κ2) is 6.98. The molecule has 0 radical (unpaired) electrons. The normalized spacial score (nSPS) is 12.4. The fourth-order valence-electron chi connectivity index (χ4n) is 2.29. The number of fused-ring (bicyclic) bond motifs is 1. The number of hydrogen-bond donors (Lipinski definition) is 2. The van der Waals surface area contributed by atoms with Gasteiger partial charge in [-0.3, -0.25) is 4.79 Å². The Morgan fingerprint density at radius 2 is 2.23 bits per heavy atom. The number of carbonyl (C=O) groups is 1. The summed E-state index contributed by atoms with van der Waals surface area (Å²) in [4.78, 5) is 21.0. The van der Waals surface area contributed by atoms with Gasteiger partial charge in [0.05, 0.1) is 22.0 Å². The standard InChI is InChI=1S/C16H17N3OS2/c1-21-10-8-13(19-16(20)14-7-4-9-22-14)15-17-11-5-2-3-6-12(11)18-15/h2-7,9,13H,8,10H2,1H3,(H,17,18)(H,19,20). The second-order valence-electron chi connectivity index (χ2n) is 4.92. The molecule has 1 atom stereocenters. The van der Waals surface area contributed by atoms with Gasteiger partial charge in [-0.05, 0) is 42.0 Å². The van der Waals surface area contributed by atoms with E-state index in [0.717, 1.165) is 33.9 Å². The molecule has 3 rings (SSSR count). The minimum atomic E-state index is -0.102. The number of thiophene rings is 1. The van der Waals surface area contributed by atoms with E-state index in [2.05, 4.69) is 21.5 Å². The van der Waals surface area contributed by atoms with Crippen molar-refractivity contribution in [1.82, 2.24) is 15.3 Å². The Morgan fingerprint density at radius 1 is 1.36 bits per heavy atom. The number of nitrogens with one attached hydrogen (secondary N) is 2. The molecule has 0 aliphatic rings. The van der Waals surface area contributed by atoms with E-state index in [1.807, 2.05) is 41.8 Å². The molecule has 0 fully saturated rings. The fourth-order valence-corrected chi connectivity index (χ4v) is 3.39.